The molecule has 3 aliphatic heterocycles. The topological polar surface area (TPSA) is 110 Å². The standard InChI is InChI=1S/C21H22F2N8O3/c22-17-6-16(30-2-4-34-12-20(30)33)5-14(21(17)23)9-31-19-11-29(13-24-18(19)8-26-31)27-15-7-25-28(10-15)1-3-32/h5-8,10-11,13,26-27,32H,1-4,9,12H2. The number of aliphatic hydroxyl groups excluding tert-OH is 1. The van der Waals surface area contributed by atoms with E-state index in [1.165, 1.54) is 11.0 Å². The molecule has 1 aromatic heterocycles. The number of morpholine rings is 1. The number of aromatic nitrogens is 2. The molecule has 1 fully saturated rings. The van der Waals surface area contributed by atoms with Crippen LogP contribution in [0.15, 0.2) is 53.3 Å². The molecule has 0 unspecified atom stereocenters. The number of carbonyl (C=O) groups excluding carboxylic acids is 1. The van der Waals surface area contributed by atoms with Crippen LogP contribution in [-0.4, -0.2) is 63.5 Å². The number of hydrogen-bond donors (Lipinski definition) is 3. The van der Waals surface area contributed by atoms with E-state index < -0.39 is 11.6 Å². The predicted molar refractivity (Wildman–Crippen MR) is 118 cm³/mol. The molecule has 11 nitrogen and oxygen atoms in total. The predicted octanol–water partition coefficient (Wildman–Crippen LogP) is 0.891. The summed E-state index contributed by atoms with van der Waals surface area (Å²) in [5.41, 5.74) is 8.41. The highest BCUT2D eigenvalue weighted by atomic mass is 19.2. The van der Waals surface area contributed by atoms with Crippen molar-refractivity contribution in [2.75, 3.05) is 36.7 Å². The number of amides is 1. The molecule has 0 radical (unpaired) electrons. The maximum absolute atomic E-state index is 14.7. The van der Waals surface area contributed by atoms with Gasteiger partial charge in [0.1, 0.15) is 24.3 Å². The molecule has 0 spiro atoms. The second-order valence-corrected chi connectivity index (χ2v) is 7.74. The largest absolute Gasteiger partial charge is 0.394 e. The normalized spacial score (nSPS) is 17.5. The number of nitrogens with one attached hydrogen (secondary N) is 2. The first-order chi connectivity index (χ1) is 16.5. The van der Waals surface area contributed by atoms with Gasteiger partial charge in [0.2, 0.25) is 0 Å². The van der Waals surface area contributed by atoms with Crippen molar-refractivity contribution < 1.29 is 23.4 Å². The Hall–Kier alpha value is -3.97. The fraction of sp³-hybridized carbons (Fsp3) is 0.286. The fourth-order valence-corrected chi connectivity index (χ4v) is 3.80. The van der Waals surface area contributed by atoms with Gasteiger partial charge in [-0.2, -0.15) is 5.10 Å². The van der Waals surface area contributed by atoms with Crippen LogP contribution in [0.1, 0.15) is 5.56 Å². The minimum Gasteiger partial charge on any atom is -0.394 e. The zero-order valence-corrected chi connectivity index (χ0v) is 18.0. The third-order valence-electron chi connectivity index (χ3n) is 5.43. The number of halogens is 2. The van der Waals surface area contributed by atoms with Crippen molar-refractivity contribution in [3.8, 4) is 0 Å². The molecular formula is C21H22F2N8O3. The van der Waals surface area contributed by atoms with Gasteiger partial charge in [0.25, 0.3) is 5.91 Å². The molecule has 1 amide bonds. The van der Waals surface area contributed by atoms with E-state index in [4.69, 9.17) is 9.84 Å². The SMILES string of the molecule is O=C1COCCN1c1cc(F)c(F)c(CN2NC=C3N=CN(Nc4cnn(CCO)c4)C=C32)c1. The number of rotatable bonds is 7. The Bertz CT molecular complexity index is 1190. The average Bonchev–Trinajstić information content (AvgIpc) is 3.44. The first-order valence-electron chi connectivity index (χ1n) is 10.6. The number of aliphatic imine (C=N–C) groups is 1. The number of hydrazine groups is 2. The van der Waals surface area contributed by atoms with Gasteiger partial charge >= 0.3 is 0 Å². The fourth-order valence-electron chi connectivity index (χ4n) is 3.80. The molecule has 5 rings (SSSR count). The number of carbonyl (C=O) groups is 1. The molecule has 178 valence electrons. The molecule has 3 aliphatic rings. The van der Waals surface area contributed by atoms with Crippen molar-refractivity contribution in [3.63, 3.8) is 0 Å². The quantitative estimate of drug-likeness (QED) is 0.545. The van der Waals surface area contributed by atoms with Crippen LogP contribution in [0, 0.1) is 11.6 Å². The highest BCUT2D eigenvalue weighted by molar-refractivity contribution is 5.94. The van der Waals surface area contributed by atoms with Crippen LogP contribution in [0.25, 0.3) is 0 Å². The smallest absolute Gasteiger partial charge is 0.253 e. The van der Waals surface area contributed by atoms with Crippen molar-refractivity contribution in [3.05, 3.63) is 65.5 Å². The summed E-state index contributed by atoms with van der Waals surface area (Å²) in [6.45, 7) is 0.836. The molecule has 0 atom stereocenters. The number of anilines is 2. The van der Waals surface area contributed by atoms with Crippen LogP contribution < -0.4 is 15.8 Å². The van der Waals surface area contributed by atoms with E-state index >= 15 is 0 Å². The number of fused-ring (bicyclic) bond motifs is 1. The molecule has 0 aliphatic carbocycles. The van der Waals surface area contributed by atoms with Crippen molar-refractivity contribution in [2.24, 2.45) is 4.99 Å². The lowest BCUT2D eigenvalue weighted by Crippen LogP contribution is -2.41. The lowest BCUT2D eigenvalue weighted by molar-refractivity contribution is -0.125. The Balaban J connectivity index is 1.34. The van der Waals surface area contributed by atoms with E-state index in [9.17, 15) is 13.6 Å². The Morgan fingerprint density at radius 2 is 2.18 bits per heavy atom. The van der Waals surface area contributed by atoms with E-state index in [2.05, 4.69) is 20.9 Å². The second kappa shape index (κ2) is 9.11. The molecule has 0 bridgehead atoms. The number of hydrogen-bond acceptors (Lipinski definition) is 9. The summed E-state index contributed by atoms with van der Waals surface area (Å²) in [5, 5.41) is 16.4. The van der Waals surface area contributed by atoms with Crippen LogP contribution in [0.5, 0.6) is 0 Å². The van der Waals surface area contributed by atoms with Crippen LogP contribution in [0.2, 0.25) is 0 Å². The van der Waals surface area contributed by atoms with Crippen molar-refractivity contribution in [1.29, 1.82) is 0 Å². The molecule has 4 heterocycles. The molecule has 1 aromatic carbocycles. The summed E-state index contributed by atoms with van der Waals surface area (Å²) in [5.74, 6) is -2.32. The third kappa shape index (κ3) is 4.30. The summed E-state index contributed by atoms with van der Waals surface area (Å²) >= 11 is 0. The van der Waals surface area contributed by atoms with Crippen LogP contribution >= 0.6 is 0 Å². The Morgan fingerprint density at radius 1 is 1.29 bits per heavy atom. The lowest BCUT2D eigenvalue weighted by Gasteiger charge is -2.29. The molecule has 0 saturated carbocycles. The number of aliphatic hydroxyl groups is 1. The molecule has 13 heteroatoms. The summed E-state index contributed by atoms with van der Waals surface area (Å²) in [4.78, 5) is 17.9. The monoisotopic (exact) mass is 472 g/mol. The Kier molecular flexibility index (Phi) is 5.86. The first kappa shape index (κ1) is 21.9. The van der Waals surface area contributed by atoms with Gasteiger partial charge in [0, 0.05) is 36.3 Å². The second-order valence-electron chi connectivity index (χ2n) is 7.74. The van der Waals surface area contributed by atoms with E-state index in [0.29, 0.717) is 30.2 Å². The van der Waals surface area contributed by atoms with Gasteiger partial charge in [0.05, 0.1) is 44.4 Å². The highest BCUT2D eigenvalue weighted by Gasteiger charge is 2.27. The van der Waals surface area contributed by atoms with Gasteiger partial charge in [-0.1, -0.05) is 0 Å². The zero-order valence-electron chi connectivity index (χ0n) is 18.0. The minimum absolute atomic E-state index is 0.0151. The summed E-state index contributed by atoms with van der Waals surface area (Å²) < 4.78 is 35.8. The molecular weight excluding hydrogens is 450 g/mol. The Labute approximate surface area is 193 Å². The van der Waals surface area contributed by atoms with Gasteiger partial charge in [-0.3, -0.25) is 19.9 Å². The summed E-state index contributed by atoms with van der Waals surface area (Å²) in [6, 6.07) is 2.50. The molecule has 1 saturated heterocycles. The number of nitrogens with zero attached hydrogens (tertiary/aromatic N) is 6. The molecule has 34 heavy (non-hydrogen) atoms. The first-order valence-corrected chi connectivity index (χ1v) is 10.6. The van der Waals surface area contributed by atoms with Crippen LogP contribution in [0.3, 0.4) is 0 Å². The summed E-state index contributed by atoms with van der Waals surface area (Å²) in [6.07, 6.45) is 8.30. The van der Waals surface area contributed by atoms with Gasteiger partial charge in [-0.15, -0.1) is 0 Å². The Morgan fingerprint density at radius 3 is 3.00 bits per heavy atom. The van der Waals surface area contributed by atoms with Crippen molar-refractivity contribution >= 4 is 23.6 Å². The maximum atomic E-state index is 14.7. The number of ether oxygens (including phenoxy) is 1. The molecule has 2 aromatic rings. The maximum Gasteiger partial charge on any atom is 0.253 e. The van der Waals surface area contributed by atoms with Gasteiger partial charge in [0.15, 0.2) is 11.6 Å². The van der Waals surface area contributed by atoms with Gasteiger partial charge in [-0.25, -0.2) is 18.8 Å². The van der Waals surface area contributed by atoms with E-state index in [-0.39, 0.29) is 43.5 Å². The van der Waals surface area contributed by atoms with Crippen LogP contribution in [-0.2, 0) is 22.6 Å². The van der Waals surface area contributed by atoms with E-state index in [1.54, 1.807) is 45.8 Å². The van der Waals surface area contributed by atoms with Crippen molar-refractivity contribution in [2.45, 2.75) is 13.1 Å². The number of benzene rings is 1. The van der Waals surface area contributed by atoms with E-state index in [1.807, 2.05) is 0 Å². The average molecular weight is 472 g/mol. The van der Waals surface area contributed by atoms with Crippen LogP contribution in [0.4, 0.5) is 20.2 Å². The van der Waals surface area contributed by atoms with E-state index in [0.717, 1.165) is 6.07 Å². The lowest BCUT2D eigenvalue weighted by atomic mass is 10.1. The minimum atomic E-state index is -1.03. The van der Waals surface area contributed by atoms with Crippen molar-refractivity contribution in [1.82, 2.24) is 25.2 Å². The molecule has 3 N–H and O–H groups in total. The third-order valence-corrected chi connectivity index (χ3v) is 5.43. The highest BCUT2D eigenvalue weighted by Crippen LogP contribution is 2.29. The summed E-state index contributed by atoms with van der Waals surface area (Å²) in [7, 11) is 0. The zero-order chi connectivity index (χ0) is 23.7. The van der Waals surface area contributed by atoms with Gasteiger partial charge in [-0.05, 0) is 6.07 Å². The van der Waals surface area contributed by atoms with Gasteiger partial charge < -0.3 is 20.2 Å².